The van der Waals surface area contributed by atoms with Crippen LogP contribution in [0.25, 0.3) is 127 Å². The van der Waals surface area contributed by atoms with Crippen LogP contribution in [0.2, 0.25) is 0 Å². The first kappa shape index (κ1) is 35.2. The molecule has 0 aliphatic carbocycles. The number of benzene rings is 10. The molecule has 0 saturated carbocycles. The van der Waals surface area contributed by atoms with Gasteiger partial charge in [-0.05, 0) is 101 Å². The third kappa shape index (κ3) is 5.64. The molecule has 0 aliphatic rings. The molecule has 0 amide bonds. The highest BCUT2D eigenvalue weighted by molar-refractivity contribution is 6.15. The molecule has 0 aliphatic heterocycles. The summed E-state index contributed by atoms with van der Waals surface area (Å²) in [5.74, 6) is 1.87. The first-order valence-corrected chi connectivity index (χ1v) is 21.3. The minimum atomic E-state index is 0.611. The van der Waals surface area contributed by atoms with Gasteiger partial charge < -0.3 is 0 Å². The lowest BCUT2D eigenvalue weighted by molar-refractivity contribution is 1.08. The Morgan fingerprint density at radius 3 is 1.33 bits per heavy atom. The van der Waals surface area contributed by atoms with Crippen LogP contribution < -0.4 is 0 Å². The molecule has 63 heavy (non-hydrogen) atoms. The van der Waals surface area contributed by atoms with Crippen molar-refractivity contribution in [1.82, 2.24) is 24.3 Å². The van der Waals surface area contributed by atoms with E-state index >= 15 is 0 Å². The largest absolute Gasteiger partial charge is 0.299 e. The van der Waals surface area contributed by atoms with Gasteiger partial charge in [-0.15, -0.1) is 0 Å². The zero-order chi connectivity index (χ0) is 41.4. The molecule has 0 saturated heterocycles. The zero-order valence-electron chi connectivity index (χ0n) is 33.9. The normalized spacial score (nSPS) is 11.8. The summed E-state index contributed by atoms with van der Waals surface area (Å²) < 4.78 is 2.21. The van der Waals surface area contributed by atoms with Crippen LogP contribution in [0, 0.1) is 0 Å². The first-order chi connectivity index (χ1) is 31.2. The van der Waals surface area contributed by atoms with Crippen molar-refractivity contribution < 1.29 is 0 Å². The molecule has 0 unspecified atom stereocenters. The highest BCUT2D eigenvalue weighted by atomic mass is 15.0. The van der Waals surface area contributed by atoms with E-state index in [-0.39, 0.29) is 0 Å². The van der Waals surface area contributed by atoms with Crippen LogP contribution in [0.5, 0.6) is 0 Å². The third-order valence-electron chi connectivity index (χ3n) is 12.6. The van der Waals surface area contributed by atoms with Gasteiger partial charge in [0.2, 0.25) is 0 Å². The van der Waals surface area contributed by atoms with Crippen molar-refractivity contribution in [1.29, 1.82) is 0 Å². The quantitative estimate of drug-likeness (QED) is 0.163. The lowest BCUT2D eigenvalue weighted by Crippen LogP contribution is -2.02. The Hall–Kier alpha value is -8.54. The predicted molar refractivity (Wildman–Crippen MR) is 261 cm³/mol. The molecule has 13 rings (SSSR count). The topological polar surface area (TPSA) is 56.0 Å². The van der Waals surface area contributed by atoms with Gasteiger partial charge in [0.25, 0.3) is 0 Å². The van der Waals surface area contributed by atoms with E-state index in [4.69, 9.17) is 19.9 Å². The number of nitrogens with zero attached hydrogens (tertiary/aromatic N) is 5. The first-order valence-electron chi connectivity index (χ1n) is 21.3. The highest BCUT2D eigenvalue weighted by Crippen LogP contribution is 2.42. The molecule has 0 bridgehead atoms. The van der Waals surface area contributed by atoms with Gasteiger partial charge in [-0.3, -0.25) is 4.40 Å². The van der Waals surface area contributed by atoms with Crippen LogP contribution in [0.3, 0.4) is 0 Å². The second kappa shape index (κ2) is 14.0. The summed E-state index contributed by atoms with van der Waals surface area (Å²) in [4.78, 5) is 21.6. The summed E-state index contributed by atoms with van der Waals surface area (Å²) in [7, 11) is 0. The fourth-order valence-electron chi connectivity index (χ4n) is 9.71. The maximum atomic E-state index is 5.45. The van der Waals surface area contributed by atoms with Gasteiger partial charge in [-0.1, -0.05) is 170 Å². The fraction of sp³-hybridized carbons (Fsp3) is 0. The molecule has 13 aromatic rings. The van der Waals surface area contributed by atoms with Gasteiger partial charge in [-0.2, -0.15) is 0 Å². The van der Waals surface area contributed by atoms with E-state index in [0.29, 0.717) is 17.5 Å². The second-order valence-corrected chi connectivity index (χ2v) is 16.2. The number of rotatable bonds is 5. The minimum Gasteiger partial charge on any atom is -0.299 e. The van der Waals surface area contributed by atoms with Crippen molar-refractivity contribution in [2.45, 2.75) is 0 Å². The second-order valence-electron chi connectivity index (χ2n) is 16.2. The molecule has 0 fully saturated rings. The van der Waals surface area contributed by atoms with Crippen LogP contribution in [0.1, 0.15) is 0 Å². The summed E-state index contributed by atoms with van der Waals surface area (Å²) in [5, 5.41) is 13.7. The molecule has 0 atom stereocenters. The highest BCUT2D eigenvalue weighted by Gasteiger charge is 2.23. The number of fused-ring (bicyclic) bond motifs is 9. The van der Waals surface area contributed by atoms with Gasteiger partial charge in [0.05, 0.1) is 11.4 Å². The van der Waals surface area contributed by atoms with Gasteiger partial charge in [0.15, 0.2) is 17.5 Å². The van der Waals surface area contributed by atoms with E-state index in [9.17, 15) is 0 Å². The van der Waals surface area contributed by atoms with Gasteiger partial charge in [0, 0.05) is 34.0 Å². The van der Waals surface area contributed by atoms with Crippen molar-refractivity contribution in [2.75, 3.05) is 0 Å². The summed E-state index contributed by atoms with van der Waals surface area (Å²) in [6.45, 7) is 0. The van der Waals surface area contributed by atoms with Gasteiger partial charge in [0.1, 0.15) is 5.65 Å². The van der Waals surface area contributed by atoms with Crippen LogP contribution in [-0.2, 0) is 0 Å². The Kier molecular flexibility index (Phi) is 7.84. The molecule has 5 nitrogen and oxygen atoms in total. The summed E-state index contributed by atoms with van der Waals surface area (Å²) in [6.07, 6.45) is 2.11. The molecule has 10 aromatic carbocycles. The monoisotopic (exact) mass is 801 g/mol. The van der Waals surface area contributed by atoms with E-state index in [1.165, 1.54) is 21.5 Å². The fourth-order valence-corrected chi connectivity index (χ4v) is 9.71. The van der Waals surface area contributed by atoms with E-state index in [1.54, 1.807) is 0 Å². The van der Waals surface area contributed by atoms with Crippen LogP contribution in [0.4, 0.5) is 0 Å². The lowest BCUT2D eigenvalue weighted by atomic mass is 9.94. The van der Waals surface area contributed by atoms with E-state index in [1.807, 2.05) is 6.07 Å². The number of hydrogen-bond acceptors (Lipinski definition) is 4. The van der Waals surface area contributed by atoms with Crippen LogP contribution >= 0.6 is 0 Å². The number of hydrogen-bond donors (Lipinski definition) is 0. The van der Waals surface area contributed by atoms with E-state index < -0.39 is 0 Å². The molecular weight excluding hydrogens is 767 g/mol. The van der Waals surface area contributed by atoms with Crippen molar-refractivity contribution in [3.8, 4) is 56.7 Å². The summed E-state index contributed by atoms with van der Waals surface area (Å²) in [6, 6.07) is 73.0. The standard InChI is InChI=1S/C58H35N5/c1-2-16-37-33-40(29-28-36(37)15-1)54-55(63-32-14-13-27-53(63)59-54)49-30-31-50(46-24-10-9-23-45(46)49)56-60-57(51-34-38-17-3-5-19-41(38)43-21-7-11-25-47(43)51)62-58(61-56)52-35-39-18-4-6-20-42(39)44-22-8-12-26-48(44)52/h1-35H. The van der Waals surface area contributed by atoms with Crippen LogP contribution in [-0.4, -0.2) is 24.3 Å². The Labute approximate surface area is 362 Å². The number of pyridine rings is 1. The van der Waals surface area contributed by atoms with Crippen molar-refractivity contribution in [3.63, 3.8) is 0 Å². The SMILES string of the molecule is c1ccc2cc(-c3nc4ccccn4c3-c3ccc(-c4nc(-c5cc6ccccc6c6ccccc56)nc(-c5cc6ccccc6c6ccccc56)n4)c4ccccc34)ccc2c1. The number of imidazole rings is 1. The average Bonchev–Trinajstić information content (AvgIpc) is 3.75. The molecule has 292 valence electrons. The van der Waals surface area contributed by atoms with E-state index in [2.05, 4.69) is 211 Å². The summed E-state index contributed by atoms with van der Waals surface area (Å²) >= 11 is 0. The summed E-state index contributed by atoms with van der Waals surface area (Å²) in [5.41, 5.74) is 7.85. The molecular formula is C58H35N5. The van der Waals surface area contributed by atoms with E-state index in [0.717, 1.165) is 87.9 Å². The molecule has 0 spiro atoms. The minimum absolute atomic E-state index is 0.611. The molecule has 3 heterocycles. The molecule has 3 aromatic heterocycles. The predicted octanol–water partition coefficient (Wildman–Crippen LogP) is 14.8. The maximum Gasteiger partial charge on any atom is 0.164 e. The smallest absolute Gasteiger partial charge is 0.164 e. The molecule has 5 heteroatoms. The third-order valence-corrected chi connectivity index (χ3v) is 12.6. The maximum absolute atomic E-state index is 5.45. The Bertz CT molecular complexity index is 3860. The zero-order valence-corrected chi connectivity index (χ0v) is 33.9. The van der Waals surface area contributed by atoms with Crippen molar-refractivity contribution in [2.24, 2.45) is 0 Å². The van der Waals surface area contributed by atoms with Crippen LogP contribution in [0.15, 0.2) is 212 Å². The Morgan fingerprint density at radius 2 is 0.730 bits per heavy atom. The number of aromatic nitrogens is 5. The van der Waals surface area contributed by atoms with Crippen molar-refractivity contribution >= 4 is 70.3 Å². The molecule has 0 radical (unpaired) electrons. The van der Waals surface area contributed by atoms with Gasteiger partial charge >= 0.3 is 0 Å². The van der Waals surface area contributed by atoms with Gasteiger partial charge in [-0.25, -0.2) is 19.9 Å². The molecule has 0 N–H and O–H groups in total. The Morgan fingerprint density at radius 1 is 0.286 bits per heavy atom. The average molecular weight is 802 g/mol. The lowest BCUT2D eigenvalue weighted by Gasteiger charge is -2.16. The Balaban J connectivity index is 1.08. The van der Waals surface area contributed by atoms with Crippen molar-refractivity contribution in [3.05, 3.63) is 212 Å².